The van der Waals surface area contributed by atoms with Crippen LogP contribution >= 0.6 is 0 Å². The standard InChI is InChI=1S/C22H22O5/c1-14(19(23)16-12-8-5-9-13-16)17(15-10-6-4-7-11-15)18-20(24)26-22(2,3)27-21(18)25/h4-14,17-18H,1-3H3. The van der Waals surface area contributed by atoms with Crippen molar-refractivity contribution in [3.8, 4) is 0 Å². The van der Waals surface area contributed by atoms with E-state index in [9.17, 15) is 14.4 Å². The first kappa shape index (κ1) is 18.8. The van der Waals surface area contributed by atoms with Crippen LogP contribution in [0.25, 0.3) is 0 Å². The SMILES string of the molecule is CC(C(=O)c1ccccc1)C(c1ccccc1)C1C(=O)OC(C)(C)OC1=O. The van der Waals surface area contributed by atoms with Gasteiger partial charge in [0.05, 0.1) is 0 Å². The second kappa shape index (κ2) is 7.35. The van der Waals surface area contributed by atoms with Gasteiger partial charge in [0.2, 0.25) is 0 Å². The van der Waals surface area contributed by atoms with Crippen molar-refractivity contribution in [1.29, 1.82) is 0 Å². The molecule has 2 aromatic carbocycles. The van der Waals surface area contributed by atoms with Gasteiger partial charge in [-0.25, -0.2) is 0 Å². The maximum Gasteiger partial charge on any atom is 0.324 e. The molecule has 140 valence electrons. The third-order valence-electron chi connectivity index (χ3n) is 4.75. The molecule has 0 spiro atoms. The van der Waals surface area contributed by atoms with E-state index in [0.29, 0.717) is 11.1 Å². The summed E-state index contributed by atoms with van der Waals surface area (Å²) in [6.45, 7) is 4.75. The van der Waals surface area contributed by atoms with Crippen molar-refractivity contribution in [3.63, 3.8) is 0 Å². The number of ketones is 1. The average Bonchev–Trinajstić information content (AvgIpc) is 2.64. The molecule has 1 aliphatic heterocycles. The summed E-state index contributed by atoms with van der Waals surface area (Å²) in [6.07, 6.45) is 0. The number of carbonyl (C=O) groups excluding carboxylic acids is 3. The fourth-order valence-electron chi connectivity index (χ4n) is 3.50. The number of hydrogen-bond acceptors (Lipinski definition) is 5. The third-order valence-corrected chi connectivity index (χ3v) is 4.75. The molecule has 27 heavy (non-hydrogen) atoms. The first-order valence-electron chi connectivity index (χ1n) is 8.90. The molecule has 5 nitrogen and oxygen atoms in total. The second-order valence-electron chi connectivity index (χ2n) is 7.18. The van der Waals surface area contributed by atoms with E-state index in [4.69, 9.17) is 9.47 Å². The average molecular weight is 366 g/mol. The highest BCUT2D eigenvalue weighted by Gasteiger charge is 2.50. The van der Waals surface area contributed by atoms with Gasteiger partial charge in [0.15, 0.2) is 11.7 Å². The first-order valence-corrected chi connectivity index (χ1v) is 8.90. The maximum absolute atomic E-state index is 13.0. The molecule has 5 heteroatoms. The van der Waals surface area contributed by atoms with Gasteiger partial charge in [-0.2, -0.15) is 0 Å². The summed E-state index contributed by atoms with van der Waals surface area (Å²) in [6, 6.07) is 17.9. The van der Waals surface area contributed by atoms with E-state index in [0.717, 1.165) is 0 Å². The Morgan fingerprint density at radius 1 is 0.889 bits per heavy atom. The van der Waals surface area contributed by atoms with Gasteiger partial charge in [-0.3, -0.25) is 14.4 Å². The zero-order valence-electron chi connectivity index (χ0n) is 15.5. The first-order chi connectivity index (χ1) is 12.8. The van der Waals surface area contributed by atoms with E-state index in [-0.39, 0.29) is 5.78 Å². The molecule has 0 aromatic heterocycles. The second-order valence-corrected chi connectivity index (χ2v) is 7.18. The number of hydrogen-bond donors (Lipinski definition) is 0. The molecule has 1 aliphatic rings. The monoisotopic (exact) mass is 366 g/mol. The van der Waals surface area contributed by atoms with Crippen LogP contribution in [0.1, 0.15) is 42.6 Å². The van der Waals surface area contributed by atoms with Crippen molar-refractivity contribution >= 4 is 17.7 Å². The van der Waals surface area contributed by atoms with Crippen molar-refractivity contribution < 1.29 is 23.9 Å². The van der Waals surface area contributed by atoms with E-state index in [2.05, 4.69) is 0 Å². The van der Waals surface area contributed by atoms with Gasteiger partial charge in [0.25, 0.3) is 5.79 Å². The number of Topliss-reactive ketones (excluding diaryl/α,β-unsaturated/α-hetero) is 1. The van der Waals surface area contributed by atoms with Gasteiger partial charge in [0.1, 0.15) is 0 Å². The Labute approximate surface area is 158 Å². The van der Waals surface area contributed by atoms with Gasteiger partial charge in [-0.05, 0) is 5.56 Å². The van der Waals surface area contributed by atoms with Crippen molar-refractivity contribution in [2.45, 2.75) is 32.5 Å². The Morgan fingerprint density at radius 2 is 1.37 bits per heavy atom. The van der Waals surface area contributed by atoms with Gasteiger partial charge < -0.3 is 9.47 Å². The normalized spacial score (nSPS) is 18.9. The summed E-state index contributed by atoms with van der Waals surface area (Å²) in [5, 5.41) is 0. The zero-order chi connectivity index (χ0) is 19.6. The van der Waals surface area contributed by atoms with Gasteiger partial charge in [0, 0.05) is 31.2 Å². The minimum absolute atomic E-state index is 0.144. The largest absolute Gasteiger partial charge is 0.422 e. The van der Waals surface area contributed by atoms with E-state index >= 15 is 0 Å². The molecule has 2 aromatic rings. The quantitative estimate of drug-likeness (QED) is 0.458. The predicted molar refractivity (Wildman–Crippen MR) is 98.9 cm³/mol. The van der Waals surface area contributed by atoms with Crippen LogP contribution in [0, 0.1) is 11.8 Å². The highest BCUT2D eigenvalue weighted by atomic mass is 16.7. The minimum atomic E-state index is -1.31. The molecule has 0 aliphatic carbocycles. The summed E-state index contributed by atoms with van der Waals surface area (Å²) in [5.74, 6) is -5.29. The third kappa shape index (κ3) is 3.92. The molecule has 2 atom stereocenters. The summed E-state index contributed by atoms with van der Waals surface area (Å²) in [4.78, 5) is 38.4. The Balaban J connectivity index is 2.01. The fraction of sp³-hybridized carbons (Fsp3) is 0.318. The van der Waals surface area contributed by atoms with Crippen LogP contribution in [0.4, 0.5) is 0 Å². The van der Waals surface area contributed by atoms with Crippen LogP contribution in [0.15, 0.2) is 60.7 Å². The summed E-state index contributed by atoms with van der Waals surface area (Å²) in [7, 11) is 0. The van der Waals surface area contributed by atoms with Crippen LogP contribution in [0.3, 0.4) is 0 Å². The van der Waals surface area contributed by atoms with Gasteiger partial charge in [-0.1, -0.05) is 67.6 Å². The van der Waals surface area contributed by atoms with Crippen molar-refractivity contribution in [2.75, 3.05) is 0 Å². The predicted octanol–water partition coefficient (Wildman–Crippen LogP) is 3.74. The van der Waals surface area contributed by atoms with Crippen LogP contribution in [0.2, 0.25) is 0 Å². The highest BCUT2D eigenvalue weighted by molar-refractivity contribution is 6.02. The number of esters is 2. The minimum Gasteiger partial charge on any atom is -0.422 e. The van der Waals surface area contributed by atoms with E-state index in [1.165, 1.54) is 13.8 Å². The number of carbonyl (C=O) groups is 3. The molecule has 0 saturated carbocycles. The van der Waals surface area contributed by atoms with E-state index < -0.39 is 35.5 Å². The lowest BCUT2D eigenvalue weighted by molar-refractivity contribution is -0.241. The van der Waals surface area contributed by atoms with Crippen molar-refractivity contribution in [1.82, 2.24) is 0 Å². The van der Waals surface area contributed by atoms with Crippen molar-refractivity contribution in [2.24, 2.45) is 11.8 Å². The Bertz CT molecular complexity index is 822. The van der Waals surface area contributed by atoms with Crippen LogP contribution < -0.4 is 0 Å². The molecule has 0 bridgehead atoms. The molecule has 0 amide bonds. The molecule has 2 unspecified atom stereocenters. The Kier molecular flexibility index (Phi) is 5.13. The van der Waals surface area contributed by atoms with Crippen LogP contribution in [-0.4, -0.2) is 23.5 Å². The molecule has 0 radical (unpaired) electrons. The Hall–Kier alpha value is -2.95. The topological polar surface area (TPSA) is 69.7 Å². The number of ether oxygens (including phenoxy) is 2. The van der Waals surface area contributed by atoms with Gasteiger partial charge >= 0.3 is 11.9 Å². The zero-order valence-corrected chi connectivity index (χ0v) is 15.5. The lowest BCUT2D eigenvalue weighted by Crippen LogP contribution is -2.49. The van der Waals surface area contributed by atoms with E-state index in [1.54, 1.807) is 43.3 Å². The summed E-state index contributed by atoms with van der Waals surface area (Å²) in [5.41, 5.74) is 1.25. The van der Waals surface area contributed by atoms with Crippen LogP contribution in [0.5, 0.6) is 0 Å². The molecule has 1 fully saturated rings. The molecule has 0 N–H and O–H groups in total. The summed E-state index contributed by atoms with van der Waals surface area (Å²) >= 11 is 0. The number of benzene rings is 2. The van der Waals surface area contributed by atoms with Crippen molar-refractivity contribution in [3.05, 3.63) is 71.8 Å². The lowest BCUT2D eigenvalue weighted by atomic mass is 9.74. The van der Waals surface area contributed by atoms with E-state index in [1.807, 2.05) is 24.3 Å². The molecule has 3 rings (SSSR count). The number of rotatable bonds is 5. The lowest BCUT2D eigenvalue weighted by Gasteiger charge is -2.37. The fourth-order valence-corrected chi connectivity index (χ4v) is 3.50. The number of cyclic esters (lactones) is 2. The highest BCUT2D eigenvalue weighted by Crippen LogP contribution is 2.39. The smallest absolute Gasteiger partial charge is 0.324 e. The Morgan fingerprint density at radius 3 is 1.89 bits per heavy atom. The molecule has 1 heterocycles. The van der Waals surface area contributed by atoms with Crippen LogP contribution in [-0.2, 0) is 19.1 Å². The molecular formula is C22H22O5. The maximum atomic E-state index is 13.0. The molecular weight excluding hydrogens is 344 g/mol. The molecule has 1 saturated heterocycles. The van der Waals surface area contributed by atoms with Gasteiger partial charge in [-0.15, -0.1) is 0 Å². The summed E-state index contributed by atoms with van der Waals surface area (Å²) < 4.78 is 10.6.